The average Bonchev–Trinajstić information content (AvgIpc) is 3.09. The Morgan fingerprint density at radius 2 is 2.11 bits per heavy atom. The molecular formula is C19H33N3O3S2. The van der Waals surface area contributed by atoms with E-state index in [9.17, 15) is 13.5 Å². The molecule has 1 aliphatic rings. The van der Waals surface area contributed by atoms with Crippen LogP contribution in [0.2, 0.25) is 0 Å². The highest BCUT2D eigenvalue weighted by atomic mass is 32.2. The van der Waals surface area contributed by atoms with Gasteiger partial charge in [-0.2, -0.15) is 0 Å². The molecular weight excluding hydrogens is 382 g/mol. The second kappa shape index (κ2) is 9.89. The average molecular weight is 416 g/mol. The van der Waals surface area contributed by atoms with Crippen molar-refractivity contribution in [2.45, 2.75) is 56.8 Å². The van der Waals surface area contributed by atoms with Gasteiger partial charge in [-0.05, 0) is 49.0 Å². The molecule has 0 aliphatic heterocycles. The van der Waals surface area contributed by atoms with Crippen LogP contribution in [0.3, 0.4) is 0 Å². The molecule has 0 saturated heterocycles. The van der Waals surface area contributed by atoms with Crippen LogP contribution in [0.15, 0.2) is 26.7 Å². The van der Waals surface area contributed by atoms with Gasteiger partial charge in [0.15, 0.2) is 15.8 Å². The molecule has 8 heteroatoms. The molecule has 2 rings (SSSR count). The SMILES string of the molecule is CCNC(=NCC1(CC(C)C)CCC1)NCC(O)CS(=O)(=O)c1cccs1. The van der Waals surface area contributed by atoms with E-state index in [-0.39, 0.29) is 12.3 Å². The van der Waals surface area contributed by atoms with Gasteiger partial charge in [0.1, 0.15) is 4.21 Å². The summed E-state index contributed by atoms with van der Waals surface area (Å²) < 4.78 is 24.8. The zero-order valence-electron chi connectivity index (χ0n) is 16.6. The van der Waals surface area contributed by atoms with Gasteiger partial charge in [0.05, 0.1) is 11.9 Å². The van der Waals surface area contributed by atoms with Crippen LogP contribution < -0.4 is 10.6 Å². The molecule has 6 nitrogen and oxygen atoms in total. The monoisotopic (exact) mass is 415 g/mol. The number of aliphatic imine (C=N–C) groups is 1. The molecule has 1 aromatic rings. The highest BCUT2D eigenvalue weighted by Crippen LogP contribution is 2.46. The van der Waals surface area contributed by atoms with Crippen LogP contribution in [0.5, 0.6) is 0 Å². The quantitative estimate of drug-likeness (QED) is 0.404. The Kier molecular flexibility index (Phi) is 8.12. The molecule has 1 aromatic heterocycles. The van der Waals surface area contributed by atoms with Crippen LogP contribution in [0.4, 0.5) is 0 Å². The van der Waals surface area contributed by atoms with Gasteiger partial charge < -0.3 is 15.7 Å². The number of rotatable bonds is 10. The lowest BCUT2D eigenvalue weighted by Crippen LogP contribution is -2.44. The summed E-state index contributed by atoms with van der Waals surface area (Å²) in [6.45, 7) is 8.11. The summed E-state index contributed by atoms with van der Waals surface area (Å²) in [5.41, 5.74) is 0.303. The standard InChI is InChI=1S/C19H33N3O3S2/c1-4-20-18(22-14-19(8-6-9-19)11-15(2)3)21-12-16(23)13-27(24,25)17-7-5-10-26-17/h5,7,10,15-16,23H,4,6,8-9,11-14H2,1-3H3,(H2,20,21,22). The Morgan fingerprint density at radius 1 is 1.37 bits per heavy atom. The van der Waals surface area contributed by atoms with Gasteiger partial charge in [0.2, 0.25) is 0 Å². The molecule has 0 radical (unpaired) electrons. The fraction of sp³-hybridized carbons (Fsp3) is 0.737. The van der Waals surface area contributed by atoms with Gasteiger partial charge in [0, 0.05) is 19.6 Å². The lowest BCUT2D eigenvalue weighted by Gasteiger charge is -2.42. The van der Waals surface area contributed by atoms with Crippen molar-refractivity contribution in [3.05, 3.63) is 17.5 Å². The van der Waals surface area contributed by atoms with Crippen molar-refractivity contribution in [2.75, 3.05) is 25.4 Å². The summed E-state index contributed by atoms with van der Waals surface area (Å²) >= 11 is 1.17. The summed E-state index contributed by atoms with van der Waals surface area (Å²) in [6, 6.07) is 3.27. The molecule has 0 aromatic carbocycles. The number of hydrogen-bond donors (Lipinski definition) is 3. The van der Waals surface area contributed by atoms with E-state index in [4.69, 9.17) is 4.99 Å². The van der Waals surface area contributed by atoms with Crippen LogP contribution in [0.25, 0.3) is 0 Å². The molecule has 0 spiro atoms. The molecule has 154 valence electrons. The maximum Gasteiger partial charge on any atom is 0.191 e. The topological polar surface area (TPSA) is 90.8 Å². The molecule has 1 saturated carbocycles. The highest BCUT2D eigenvalue weighted by Gasteiger charge is 2.37. The minimum absolute atomic E-state index is 0.146. The van der Waals surface area contributed by atoms with E-state index < -0.39 is 15.9 Å². The number of aliphatic hydroxyl groups excluding tert-OH is 1. The second-order valence-corrected chi connectivity index (χ2v) is 11.1. The zero-order chi connectivity index (χ0) is 19.9. The third-order valence-electron chi connectivity index (χ3n) is 4.89. The predicted molar refractivity (Wildman–Crippen MR) is 112 cm³/mol. The van der Waals surface area contributed by atoms with Gasteiger partial charge in [-0.1, -0.05) is 26.3 Å². The van der Waals surface area contributed by atoms with Gasteiger partial charge in [-0.3, -0.25) is 4.99 Å². The Hall–Kier alpha value is -1.12. The third kappa shape index (κ3) is 6.76. The lowest BCUT2D eigenvalue weighted by molar-refractivity contribution is 0.111. The molecule has 1 fully saturated rings. The largest absolute Gasteiger partial charge is 0.390 e. The third-order valence-corrected chi connectivity index (χ3v) is 8.18. The normalized spacial score (nSPS) is 18.2. The molecule has 1 atom stereocenters. The summed E-state index contributed by atoms with van der Waals surface area (Å²) in [5.74, 6) is 0.998. The van der Waals surface area contributed by atoms with E-state index in [1.165, 1.54) is 37.0 Å². The number of guanidine groups is 1. The Bertz CT molecular complexity index is 696. The van der Waals surface area contributed by atoms with E-state index in [1.807, 2.05) is 6.92 Å². The number of sulfone groups is 1. The molecule has 3 N–H and O–H groups in total. The Balaban J connectivity index is 1.89. The number of hydrogen-bond acceptors (Lipinski definition) is 5. The van der Waals surface area contributed by atoms with Crippen LogP contribution in [0, 0.1) is 11.3 Å². The minimum Gasteiger partial charge on any atom is -0.390 e. The van der Waals surface area contributed by atoms with Gasteiger partial charge in [-0.15, -0.1) is 11.3 Å². The zero-order valence-corrected chi connectivity index (χ0v) is 18.2. The van der Waals surface area contributed by atoms with Crippen LogP contribution >= 0.6 is 11.3 Å². The molecule has 1 aliphatic carbocycles. The van der Waals surface area contributed by atoms with Crippen LogP contribution in [-0.2, 0) is 9.84 Å². The van der Waals surface area contributed by atoms with E-state index in [1.54, 1.807) is 17.5 Å². The van der Waals surface area contributed by atoms with Crippen LogP contribution in [-0.4, -0.2) is 51.0 Å². The van der Waals surface area contributed by atoms with E-state index in [0.29, 0.717) is 28.0 Å². The first-order valence-corrected chi connectivity index (χ1v) is 12.3. The first-order chi connectivity index (χ1) is 12.8. The van der Waals surface area contributed by atoms with E-state index >= 15 is 0 Å². The highest BCUT2D eigenvalue weighted by molar-refractivity contribution is 7.93. The van der Waals surface area contributed by atoms with Crippen molar-refractivity contribution in [3.8, 4) is 0 Å². The number of nitrogens with zero attached hydrogens (tertiary/aromatic N) is 1. The van der Waals surface area contributed by atoms with Crippen molar-refractivity contribution in [1.29, 1.82) is 0 Å². The van der Waals surface area contributed by atoms with Crippen molar-refractivity contribution in [3.63, 3.8) is 0 Å². The van der Waals surface area contributed by atoms with Crippen molar-refractivity contribution in [1.82, 2.24) is 10.6 Å². The first-order valence-electron chi connectivity index (χ1n) is 9.73. The maximum absolute atomic E-state index is 12.3. The lowest BCUT2D eigenvalue weighted by atomic mass is 9.64. The summed E-state index contributed by atoms with van der Waals surface area (Å²) in [4.78, 5) is 4.71. The number of thiophene rings is 1. The van der Waals surface area contributed by atoms with Crippen molar-refractivity contribution >= 4 is 27.1 Å². The van der Waals surface area contributed by atoms with E-state index in [2.05, 4.69) is 24.5 Å². The molecule has 0 amide bonds. The summed E-state index contributed by atoms with van der Waals surface area (Å²) in [6.07, 6.45) is 3.89. The van der Waals surface area contributed by atoms with Gasteiger partial charge in [-0.25, -0.2) is 8.42 Å². The summed E-state index contributed by atoms with van der Waals surface area (Å²) in [5, 5.41) is 18.2. The minimum atomic E-state index is -3.45. The molecule has 27 heavy (non-hydrogen) atoms. The number of aliphatic hydroxyl groups is 1. The smallest absolute Gasteiger partial charge is 0.191 e. The van der Waals surface area contributed by atoms with Crippen molar-refractivity contribution < 1.29 is 13.5 Å². The summed E-state index contributed by atoms with van der Waals surface area (Å²) in [7, 11) is -3.45. The van der Waals surface area contributed by atoms with Gasteiger partial charge in [0.25, 0.3) is 0 Å². The van der Waals surface area contributed by atoms with E-state index in [0.717, 1.165) is 6.54 Å². The fourth-order valence-corrected chi connectivity index (χ4v) is 6.09. The van der Waals surface area contributed by atoms with Crippen molar-refractivity contribution in [2.24, 2.45) is 16.3 Å². The maximum atomic E-state index is 12.3. The number of nitrogens with one attached hydrogen (secondary N) is 2. The predicted octanol–water partition coefficient (Wildman–Crippen LogP) is 2.65. The second-order valence-electron chi connectivity index (χ2n) is 7.89. The Labute approximate surface area is 167 Å². The molecule has 1 heterocycles. The van der Waals surface area contributed by atoms with Crippen LogP contribution in [0.1, 0.15) is 46.5 Å². The fourth-order valence-electron chi connectivity index (χ4n) is 3.61. The Morgan fingerprint density at radius 3 is 2.63 bits per heavy atom. The first kappa shape index (κ1) is 22.2. The molecule has 0 bridgehead atoms. The molecule has 1 unspecified atom stereocenters. The van der Waals surface area contributed by atoms with Gasteiger partial charge >= 0.3 is 0 Å².